The van der Waals surface area contributed by atoms with Gasteiger partial charge in [-0.25, -0.2) is 4.39 Å². The summed E-state index contributed by atoms with van der Waals surface area (Å²) in [7, 11) is 3.99. The van der Waals surface area contributed by atoms with E-state index in [2.05, 4.69) is 0 Å². The molecule has 0 saturated carbocycles. The first-order valence-electron chi connectivity index (χ1n) is 9.55. The van der Waals surface area contributed by atoms with Crippen LogP contribution in [-0.4, -0.2) is 50.8 Å². The summed E-state index contributed by atoms with van der Waals surface area (Å²) in [4.78, 5) is 16.6. The Labute approximate surface area is 165 Å². The zero-order chi connectivity index (χ0) is 19.9. The van der Waals surface area contributed by atoms with Crippen LogP contribution in [0.15, 0.2) is 48.5 Å². The van der Waals surface area contributed by atoms with Crippen molar-refractivity contribution in [3.05, 3.63) is 59.9 Å². The second kappa shape index (κ2) is 9.55. The van der Waals surface area contributed by atoms with E-state index in [9.17, 15) is 9.18 Å². The molecule has 1 saturated heterocycles. The number of amides is 1. The number of benzene rings is 2. The van der Waals surface area contributed by atoms with Crippen molar-refractivity contribution in [1.82, 2.24) is 4.90 Å². The average Bonchev–Trinajstić information content (AvgIpc) is 3.20. The van der Waals surface area contributed by atoms with Crippen LogP contribution in [0.25, 0.3) is 0 Å². The molecular formula is C22H27FN2O3. The maximum Gasteiger partial charge on any atom is 0.260 e. The van der Waals surface area contributed by atoms with Crippen LogP contribution in [0.1, 0.15) is 18.4 Å². The summed E-state index contributed by atoms with van der Waals surface area (Å²) in [5, 5.41) is 0. The molecule has 28 heavy (non-hydrogen) atoms. The summed E-state index contributed by atoms with van der Waals surface area (Å²) in [6.07, 6.45) is 2.05. The molecule has 5 nitrogen and oxygen atoms in total. The maximum atomic E-state index is 13.0. The average molecular weight is 386 g/mol. The van der Waals surface area contributed by atoms with E-state index in [-0.39, 0.29) is 24.4 Å². The van der Waals surface area contributed by atoms with Crippen LogP contribution in [0.3, 0.4) is 0 Å². The molecule has 0 spiro atoms. The first kappa shape index (κ1) is 20.1. The van der Waals surface area contributed by atoms with E-state index in [0.717, 1.165) is 30.7 Å². The van der Waals surface area contributed by atoms with Gasteiger partial charge in [0.2, 0.25) is 0 Å². The Bertz CT molecular complexity index is 756. The van der Waals surface area contributed by atoms with Gasteiger partial charge >= 0.3 is 0 Å². The summed E-state index contributed by atoms with van der Waals surface area (Å²) in [5.74, 6) is 0.0264. The quantitative estimate of drug-likeness (QED) is 0.697. The SMILES string of the molecule is CN(C)c1ccc(CN(C[C@@H]2CCCO2)C(=O)COc2ccc(F)cc2)cc1. The summed E-state index contributed by atoms with van der Waals surface area (Å²) in [5.41, 5.74) is 2.17. The third-order valence-corrected chi connectivity index (χ3v) is 4.80. The van der Waals surface area contributed by atoms with E-state index in [4.69, 9.17) is 9.47 Å². The summed E-state index contributed by atoms with van der Waals surface area (Å²) >= 11 is 0. The van der Waals surface area contributed by atoms with Crippen LogP contribution in [0.5, 0.6) is 5.75 Å². The van der Waals surface area contributed by atoms with Crippen LogP contribution in [0.4, 0.5) is 10.1 Å². The van der Waals surface area contributed by atoms with E-state index in [1.54, 1.807) is 4.90 Å². The van der Waals surface area contributed by atoms with Gasteiger partial charge in [-0.3, -0.25) is 4.79 Å². The summed E-state index contributed by atoms with van der Waals surface area (Å²) in [6.45, 7) is 1.70. The molecule has 1 atom stereocenters. The van der Waals surface area contributed by atoms with Crippen LogP contribution in [0, 0.1) is 5.82 Å². The molecule has 0 aliphatic carbocycles. The molecule has 1 amide bonds. The number of ether oxygens (including phenoxy) is 2. The van der Waals surface area contributed by atoms with Gasteiger partial charge in [0.15, 0.2) is 6.61 Å². The third kappa shape index (κ3) is 5.70. The van der Waals surface area contributed by atoms with Crippen molar-refractivity contribution in [3.63, 3.8) is 0 Å². The highest BCUT2D eigenvalue weighted by Crippen LogP contribution is 2.18. The van der Waals surface area contributed by atoms with Crippen molar-refractivity contribution in [2.24, 2.45) is 0 Å². The first-order chi connectivity index (χ1) is 13.5. The number of anilines is 1. The Morgan fingerprint density at radius 1 is 1.14 bits per heavy atom. The first-order valence-corrected chi connectivity index (χ1v) is 9.55. The number of hydrogen-bond acceptors (Lipinski definition) is 4. The predicted octanol–water partition coefficient (Wildman–Crippen LogP) is 3.48. The van der Waals surface area contributed by atoms with E-state index >= 15 is 0 Å². The Balaban J connectivity index is 1.64. The van der Waals surface area contributed by atoms with Gasteiger partial charge in [0.1, 0.15) is 11.6 Å². The Morgan fingerprint density at radius 2 is 1.86 bits per heavy atom. The smallest absolute Gasteiger partial charge is 0.260 e. The van der Waals surface area contributed by atoms with Crippen LogP contribution in [-0.2, 0) is 16.1 Å². The lowest BCUT2D eigenvalue weighted by atomic mass is 10.1. The normalized spacial score (nSPS) is 16.0. The number of carbonyl (C=O) groups is 1. The molecule has 1 aliphatic rings. The van der Waals surface area contributed by atoms with Gasteiger partial charge < -0.3 is 19.3 Å². The number of carbonyl (C=O) groups excluding carboxylic acids is 1. The fourth-order valence-corrected chi connectivity index (χ4v) is 3.18. The highest BCUT2D eigenvalue weighted by atomic mass is 19.1. The van der Waals surface area contributed by atoms with Crippen molar-refractivity contribution in [1.29, 1.82) is 0 Å². The van der Waals surface area contributed by atoms with E-state index in [1.807, 2.05) is 43.3 Å². The summed E-state index contributed by atoms with van der Waals surface area (Å²) in [6, 6.07) is 13.8. The van der Waals surface area contributed by atoms with Gasteiger partial charge in [0.25, 0.3) is 5.91 Å². The number of hydrogen-bond donors (Lipinski definition) is 0. The second-order valence-electron chi connectivity index (χ2n) is 7.21. The molecule has 0 unspecified atom stereocenters. The summed E-state index contributed by atoms with van der Waals surface area (Å²) < 4.78 is 24.3. The van der Waals surface area contributed by atoms with Crippen LogP contribution >= 0.6 is 0 Å². The highest BCUT2D eigenvalue weighted by Gasteiger charge is 2.23. The van der Waals surface area contributed by atoms with Crippen molar-refractivity contribution in [2.75, 3.05) is 38.8 Å². The van der Waals surface area contributed by atoms with Crippen molar-refractivity contribution in [2.45, 2.75) is 25.5 Å². The fourth-order valence-electron chi connectivity index (χ4n) is 3.18. The lowest BCUT2D eigenvalue weighted by Crippen LogP contribution is -2.39. The fraction of sp³-hybridized carbons (Fsp3) is 0.409. The largest absolute Gasteiger partial charge is 0.484 e. The highest BCUT2D eigenvalue weighted by molar-refractivity contribution is 5.77. The third-order valence-electron chi connectivity index (χ3n) is 4.80. The van der Waals surface area contributed by atoms with Crippen LogP contribution in [0.2, 0.25) is 0 Å². The monoisotopic (exact) mass is 386 g/mol. The number of halogens is 1. The van der Waals surface area contributed by atoms with Gasteiger partial charge in [-0.1, -0.05) is 12.1 Å². The van der Waals surface area contributed by atoms with Gasteiger partial charge in [-0.05, 0) is 54.8 Å². The molecule has 150 valence electrons. The Morgan fingerprint density at radius 3 is 2.46 bits per heavy atom. The molecule has 6 heteroatoms. The van der Waals surface area contributed by atoms with Crippen molar-refractivity contribution >= 4 is 11.6 Å². The van der Waals surface area contributed by atoms with Gasteiger partial charge in [0, 0.05) is 39.5 Å². The molecule has 0 N–H and O–H groups in total. The number of rotatable bonds is 8. The van der Waals surface area contributed by atoms with E-state index in [0.29, 0.717) is 18.8 Å². The molecule has 1 fully saturated rings. The molecule has 1 aliphatic heterocycles. The van der Waals surface area contributed by atoms with Crippen molar-refractivity contribution < 1.29 is 18.7 Å². The maximum absolute atomic E-state index is 13.0. The molecule has 0 radical (unpaired) electrons. The Hall–Kier alpha value is -2.60. The number of nitrogens with zero attached hydrogens (tertiary/aromatic N) is 2. The second-order valence-corrected chi connectivity index (χ2v) is 7.21. The standard InChI is InChI=1S/C22H27FN2O3/c1-24(2)19-9-5-17(6-10-19)14-25(15-21-4-3-13-27-21)22(26)16-28-20-11-7-18(23)8-12-20/h5-12,21H,3-4,13-16H2,1-2H3/t21-/m0/s1. The van der Waals surface area contributed by atoms with Crippen LogP contribution < -0.4 is 9.64 Å². The Kier molecular flexibility index (Phi) is 6.87. The molecule has 0 bridgehead atoms. The topological polar surface area (TPSA) is 42.0 Å². The molecule has 1 heterocycles. The van der Waals surface area contributed by atoms with Gasteiger partial charge in [-0.15, -0.1) is 0 Å². The lowest BCUT2D eigenvalue weighted by molar-refractivity contribution is -0.135. The van der Waals surface area contributed by atoms with Crippen molar-refractivity contribution in [3.8, 4) is 5.75 Å². The van der Waals surface area contributed by atoms with E-state index < -0.39 is 0 Å². The zero-order valence-electron chi connectivity index (χ0n) is 16.4. The molecule has 3 rings (SSSR count). The zero-order valence-corrected chi connectivity index (χ0v) is 16.4. The molecule has 0 aromatic heterocycles. The minimum absolute atomic E-state index is 0.0656. The van der Waals surface area contributed by atoms with Gasteiger partial charge in [-0.2, -0.15) is 0 Å². The lowest BCUT2D eigenvalue weighted by Gasteiger charge is -2.26. The predicted molar refractivity (Wildman–Crippen MR) is 107 cm³/mol. The minimum Gasteiger partial charge on any atom is -0.484 e. The molecule has 2 aromatic rings. The molecule has 2 aromatic carbocycles. The molecular weight excluding hydrogens is 359 g/mol. The minimum atomic E-state index is -0.333. The van der Waals surface area contributed by atoms with E-state index in [1.165, 1.54) is 24.3 Å². The van der Waals surface area contributed by atoms with Gasteiger partial charge in [0.05, 0.1) is 6.10 Å².